The van der Waals surface area contributed by atoms with Crippen LogP contribution in [0.1, 0.15) is 49.1 Å². The van der Waals surface area contributed by atoms with Gasteiger partial charge in [-0.05, 0) is 48.6 Å². The molecule has 0 saturated heterocycles. The minimum atomic E-state index is -0.763. The first-order valence-electron chi connectivity index (χ1n) is 7.06. The Bertz CT molecular complexity index is 421. The smallest absolute Gasteiger partial charge is 0.116 e. The van der Waals surface area contributed by atoms with Gasteiger partial charge in [0.05, 0.1) is 6.61 Å². The summed E-state index contributed by atoms with van der Waals surface area (Å²) in [4.78, 5) is 0. The van der Waals surface area contributed by atoms with Crippen LogP contribution in [0.5, 0.6) is 0 Å². The van der Waals surface area contributed by atoms with E-state index in [0.717, 1.165) is 18.4 Å². The van der Waals surface area contributed by atoms with E-state index in [4.69, 9.17) is 4.74 Å². The lowest BCUT2D eigenvalue weighted by molar-refractivity contribution is -0.0542. The Morgan fingerprint density at radius 2 is 1.94 bits per heavy atom. The molecule has 0 spiro atoms. The molecule has 0 aromatic heterocycles. The summed E-state index contributed by atoms with van der Waals surface area (Å²) in [6, 6.07) is 8.44. The summed E-state index contributed by atoms with van der Waals surface area (Å²) in [5.41, 5.74) is 1.72. The van der Waals surface area contributed by atoms with E-state index in [1.807, 2.05) is 6.07 Å². The van der Waals surface area contributed by atoms with Crippen molar-refractivity contribution in [1.82, 2.24) is 0 Å². The van der Waals surface area contributed by atoms with Crippen molar-refractivity contribution in [3.8, 4) is 0 Å². The standard InChI is InChI=1S/C16H22O2/c1-18-11-16(17,13-9-10-13)15-8-3-2-7-14(15)12-5-4-6-12/h2-3,7-8,12-13,17H,4-6,9-11H2,1H3. The Kier molecular flexibility index (Phi) is 3.16. The number of rotatable bonds is 5. The largest absolute Gasteiger partial charge is 0.382 e. The summed E-state index contributed by atoms with van der Waals surface area (Å²) >= 11 is 0. The van der Waals surface area contributed by atoms with Crippen LogP contribution in [0.4, 0.5) is 0 Å². The second-order valence-corrected chi connectivity index (χ2v) is 5.85. The second kappa shape index (κ2) is 4.67. The van der Waals surface area contributed by atoms with Gasteiger partial charge in [0.25, 0.3) is 0 Å². The molecule has 1 N–H and O–H groups in total. The lowest BCUT2D eigenvalue weighted by Gasteiger charge is -2.35. The lowest BCUT2D eigenvalue weighted by atomic mass is 9.74. The summed E-state index contributed by atoms with van der Waals surface area (Å²) < 4.78 is 5.30. The molecule has 2 fully saturated rings. The van der Waals surface area contributed by atoms with Crippen molar-refractivity contribution >= 4 is 0 Å². The zero-order valence-corrected chi connectivity index (χ0v) is 11.1. The molecule has 1 atom stereocenters. The van der Waals surface area contributed by atoms with Crippen LogP contribution in [0.25, 0.3) is 0 Å². The molecule has 0 aliphatic heterocycles. The Labute approximate surface area is 109 Å². The quantitative estimate of drug-likeness (QED) is 0.864. The number of ether oxygens (including phenoxy) is 1. The number of aliphatic hydroxyl groups is 1. The van der Waals surface area contributed by atoms with E-state index in [1.165, 1.54) is 24.8 Å². The highest BCUT2D eigenvalue weighted by atomic mass is 16.5. The highest BCUT2D eigenvalue weighted by molar-refractivity contribution is 5.37. The number of hydrogen-bond acceptors (Lipinski definition) is 2. The number of hydrogen-bond donors (Lipinski definition) is 1. The van der Waals surface area contributed by atoms with Gasteiger partial charge >= 0.3 is 0 Å². The van der Waals surface area contributed by atoms with Gasteiger partial charge < -0.3 is 9.84 Å². The first kappa shape index (κ1) is 12.2. The van der Waals surface area contributed by atoms with E-state index in [1.54, 1.807) is 7.11 Å². The molecule has 2 aliphatic rings. The zero-order chi connectivity index (χ0) is 12.6. The van der Waals surface area contributed by atoms with Crippen LogP contribution in [0.15, 0.2) is 24.3 Å². The normalized spacial score (nSPS) is 23.4. The van der Waals surface area contributed by atoms with Crippen LogP contribution in [-0.4, -0.2) is 18.8 Å². The van der Waals surface area contributed by atoms with Crippen molar-refractivity contribution in [3.05, 3.63) is 35.4 Å². The Hall–Kier alpha value is -0.860. The molecular formula is C16H22O2. The molecule has 2 aliphatic carbocycles. The minimum Gasteiger partial charge on any atom is -0.382 e. The molecule has 1 unspecified atom stereocenters. The molecule has 0 heterocycles. The predicted molar refractivity (Wildman–Crippen MR) is 71.5 cm³/mol. The van der Waals surface area contributed by atoms with Crippen LogP contribution in [0.3, 0.4) is 0 Å². The van der Waals surface area contributed by atoms with Crippen LogP contribution >= 0.6 is 0 Å². The van der Waals surface area contributed by atoms with Crippen molar-refractivity contribution in [1.29, 1.82) is 0 Å². The predicted octanol–water partition coefficient (Wildman–Crippen LogP) is 3.20. The van der Waals surface area contributed by atoms with Gasteiger partial charge in [-0.3, -0.25) is 0 Å². The van der Waals surface area contributed by atoms with Gasteiger partial charge in [-0.15, -0.1) is 0 Å². The Balaban J connectivity index is 1.97. The van der Waals surface area contributed by atoms with Crippen molar-refractivity contribution in [2.75, 3.05) is 13.7 Å². The van der Waals surface area contributed by atoms with Gasteiger partial charge in [0.1, 0.15) is 5.60 Å². The summed E-state index contributed by atoms with van der Waals surface area (Å²) in [6.45, 7) is 0.418. The molecule has 18 heavy (non-hydrogen) atoms. The van der Waals surface area contributed by atoms with Crippen LogP contribution in [0.2, 0.25) is 0 Å². The van der Waals surface area contributed by atoms with Gasteiger partial charge in [-0.2, -0.15) is 0 Å². The molecule has 0 bridgehead atoms. The average Bonchev–Trinajstić information content (AvgIpc) is 3.11. The van der Waals surface area contributed by atoms with Crippen molar-refractivity contribution < 1.29 is 9.84 Å². The van der Waals surface area contributed by atoms with Crippen molar-refractivity contribution in [3.63, 3.8) is 0 Å². The first-order valence-corrected chi connectivity index (χ1v) is 7.06. The van der Waals surface area contributed by atoms with Crippen molar-refractivity contribution in [2.45, 2.75) is 43.6 Å². The van der Waals surface area contributed by atoms with E-state index >= 15 is 0 Å². The summed E-state index contributed by atoms with van der Waals surface area (Å²) in [5.74, 6) is 1.04. The fraction of sp³-hybridized carbons (Fsp3) is 0.625. The van der Waals surface area contributed by atoms with Crippen LogP contribution in [-0.2, 0) is 10.3 Å². The van der Waals surface area contributed by atoms with Gasteiger partial charge in [-0.25, -0.2) is 0 Å². The Morgan fingerprint density at radius 3 is 2.50 bits per heavy atom. The molecule has 98 valence electrons. The lowest BCUT2D eigenvalue weighted by Crippen LogP contribution is -2.35. The van der Waals surface area contributed by atoms with E-state index in [-0.39, 0.29) is 0 Å². The van der Waals surface area contributed by atoms with Gasteiger partial charge in [-0.1, -0.05) is 30.7 Å². The summed E-state index contributed by atoms with van der Waals surface area (Å²) in [7, 11) is 1.68. The van der Waals surface area contributed by atoms with Gasteiger partial charge in [0, 0.05) is 7.11 Å². The van der Waals surface area contributed by atoms with E-state index in [9.17, 15) is 5.11 Å². The monoisotopic (exact) mass is 246 g/mol. The van der Waals surface area contributed by atoms with Crippen molar-refractivity contribution in [2.24, 2.45) is 5.92 Å². The van der Waals surface area contributed by atoms with Crippen LogP contribution < -0.4 is 0 Å². The zero-order valence-electron chi connectivity index (χ0n) is 11.1. The fourth-order valence-electron chi connectivity index (χ4n) is 3.16. The molecule has 1 aromatic carbocycles. The van der Waals surface area contributed by atoms with E-state index in [0.29, 0.717) is 18.4 Å². The summed E-state index contributed by atoms with van der Waals surface area (Å²) in [6.07, 6.45) is 6.11. The average molecular weight is 246 g/mol. The third-order valence-corrected chi connectivity index (χ3v) is 4.59. The highest BCUT2D eigenvalue weighted by Gasteiger charge is 2.46. The maximum atomic E-state index is 11.0. The Morgan fingerprint density at radius 1 is 1.22 bits per heavy atom. The third-order valence-electron chi connectivity index (χ3n) is 4.59. The van der Waals surface area contributed by atoms with E-state index in [2.05, 4.69) is 18.2 Å². The van der Waals surface area contributed by atoms with E-state index < -0.39 is 5.60 Å². The number of benzene rings is 1. The molecule has 2 heteroatoms. The third kappa shape index (κ3) is 1.98. The van der Waals surface area contributed by atoms with Gasteiger partial charge in [0.2, 0.25) is 0 Å². The maximum absolute atomic E-state index is 11.0. The fourth-order valence-corrected chi connectivity index (χ4v) is 3.16. The number of methoxy groups -OCH3 is 1. The maximum Gasteiger partial charge on any atom is 0.116 e. The van der Waals surface area contributed by atoms with Crippen LogP contribution in [0, 0.1) is 5.92 Å². The highest BCUT2D eigenvalue weighted by Crippen LogP contribution is 2.49. The SMILES string of the molecule is COCC(O)(c1ccccc1C1CCC1)C1CC1. The molecule has 3 rings (SSSR count). The minimum absolute atomic E-state index is 0.388. The second-order valence-electron chi connectivity index (χ2n) is 5.85. The molecule has 0 amide bonds. The van der Waals surface area contributed by atoms with Gasteiger partial charge in [0.15, 0.2) is 0 Å². The first-order chi connectivity index (χ1) is 8.75. The molecule has 1 aromatic rings. The topological polar surface area (TPSA) is 29.5 Å². The molecular weight excluding hydrogens is 224 g/mol. The summed E-state index contributed by atoms with van der Waals surface area (Å²) in [5, 5.41) is 11.0. The molecule has 0 radical (unpaired) electrons. The molecule has 2 saturated carbocycles. The molecule has 2 nitrogen and oxygen atoms in total.